The molecule has 0 aliphatic heterocycles. The van der Waals surface area contributed by atoms with Crippen LogP contribution in [0.25, 0.3) is 0 Å². The Hall–Kier alpha value is -1.10. The second-order valence-electron chi connectivity index (χ2n) is 4.59. The minimum Gasteiger partial charge on any atom is -0.481 e. The number of amides is 1. The monoisotopic (exact) mass is 228 g/mol. The summed E-state index contributed by atoms with van der Waals surface area (Å²) in [5, 5.41) is 11.6. The fourth-order valence-corrected chi connectivity index (χ4v) is 2.48. The van der Waals surface area contributed by atoms with Gasteiger partial charge >= 0.3 is 5.97 Å². The van der Waals surface area contributed by atoms with Gasteiger partial charge in [0.05, 0.1) is 6.42 Å². The molecule has 5 nitrogen and oxygen atoms in total. The maximum atomic E-state index is 11.6. The Morgan fingerprint density at radius 1 is 1.25 bits per heavy atom. The fourth-order valence-electron chi connectivity index (χ4n) is 2.48. The molecule has 16 heavy (non-hydrogen) atoms. The highest BCUT2D eigenvalue weighted by Crippen LogP contribution is 2.43. The average Bonchev–Trinajstić information content (AvgIpc) is 2.62. The Labute approximate surface area is 95.4 Å². The van der Waals surface area contributed by atoms with E-state index in [0.29, 0.717) is 19.5 Å². The van der Waals surface area contributed by atoms with Gasteiger partial charge in [-0.2, -0.15) is 0 Å². The summed E-state index contributed by atoms with van der Waals surface area (Å²) in [6, 6.07) is 0. The van der Waals surface area contributed by atoms with Crippen LogP contribution in [0, 0.1) is 5.41 Å². The van der Waals surface area contributed by atoms with E-state index in [0.717, 1.165) is 25.7 Å². The van der Waals surface area contributed by atoms with Crippen molar-refractivity contribution < 1.29 is 14.7 Å². The van der Waals surface area contributed by atoms with Crippen LogP contribution in [0.15, 0.2) is 0 Å². The normalized spacial score (nSPS) is 18.3. The lowest BCUT2D eigenvalue weighted by Crippen LogP contribution is -2.34. The molecule has 0 unspecified atom stereocenters. The minimum atomic E-state index is -0.812. The number of hydrogen-bond acceptors (Lipinski definition) is 3. The molecule has 1 amide bonds. The predicted octanol–water partition coefficient (Wildman–Crippen LogP) is 0.486. The highest BCUT2D eigenvalue weighted by atomic mass is 16.4. The Balaban J connectivity index is 2.50. The third-order valence-electron chi connectivity index (χ3n) is 3.19. The van der Waals surface area contributed by atoms with Crippen LogP contribution in [0.4, 0.5) is 0 Å². The largest absolute Gasteiger partial charge is 0.481 e. The van der Waals surface area contributed by atoms with E-state index in [1.165, 1.54) is 0 Å². The number of nitrogens with one attached hydrogen (secondary N) is 1. The molecule has 0 spiro atoms. The third-order valence-corrected chi connectivity index (χ3v) is 3.19. The number of nitrogens with two attached hydrogens (primary N) is 1. The molecule has 0 aromatic rings. The lowest BCUT2D eigenvalue weighted by molar-refractivity contribution is -0.140. The maximum absolute atomic E-state index is 11.6. The van der Waals surface area contributed by atoms with Gasteiger partial charge in [0, 0.05) is 19.5 Å². The smallest absolute Gasteiger partial charge is 0.303 e. The van der Waals surface area contributed by atoms with Crippen LogP contribution in [-0.4, -0.2) is 30.1 Å². The van der Waals surface area contributed by atoms with Crippen molar-refractivity contribution in [3.8, 4) is 0 Å². The number of carboxylic acids is 1. The van der Waals surface area contributed by atoms with E-state index < -0.39 is 5.97 Å². The zero-order chi connectivity index (χ0) is 12.0. The van der Waals surface area contributed by atoms with Gasteiger partial charge < -0.3 is 16.2 Å². The van der Waals surface area contributed by atoms with Crippen LogP contribution in [0.1, 0.15) is 38.5 Å². The van der Waals surface area contributed by atoms with Crippen molar-refractivity contribution >= 4 is 11.9 Å². The van der Waals surface area contributed by atoms with Crippen LogP contribution >= 0.6 is 0 Å². The summed E-state index contributed by atoms with van der Waals surface area (Å²) in [7, 11) is 0. The molecule has 0 aromatic carbocycles. The molecule has 5 heteroatoms. The number of aliphatic carboxylic acids is 1. The van der Waals surface area contributed by atoms with Gasteiger partial charge in [0.15, 0.2) is 0 Å². The van der Waals surface area contributed by atoms with Crippen molar-refractivity contribution in [2.45, 2.75) is 38.5 Å². The molecule has 1 aliphatic rings. The van der Waals surface area contributed by atoms with Gasteiger partial charge in [-0.15, -0.1) is 0 Å². The Morgan fingerprint density at radius 2 is 1.88 bits per heavy atom. The highest BCUT2D eigenvalue weighted by molar-refractivity contribution is 5.78. The molecular formula is C11H20N2O3. The molecule has 0 bridgehead atoms. The molecule has 1 saturated carbocycles. The van der Waals surface area contributed by atoms with E-state index in [-0.39, 0.29) is 17.7 Å². The number of carbonyl (C=O) groups excluding carboxylic acids is 1. The molecule has 1 rings (SSSR count). The third kappa shape index (κ3) is 3.81. The Kier molecular flexibility index (Phi) is 4.73. The highest BCUT2D eigenvalue weighted by Gasteiger charge is 2.37. The van der Waals surface area contributed by atoms with E-state index in [1.807, 2.05) is 0 Å². The molecule has 0 saturated heterocycles. The van der Waals surface area contributed by atoms with Crippen molar-refractivity contribution in [1.29, 1.82) is 0 Å². The van der Waals surface area contributed by atoms with Gasteiger partial charge in [-0.05, 0) is 18.3 Å². The van der Waals surface area contributed by atoms with Gasteiger partial charge in [0.2, 0.25) is 5.91 Å². The van der Waals surface area contributed by atoms with E-state index in [1.54, 1.807) is 0 Å². The van der Waals surface area contributed by atoms with Crippen molar-refractivity contribution in [1.82, 2.24) is 5.32 Å². The van der Waals surface area contributed by atoms with E-state index >= 15 is 0 Å². The molecule has 0 heterocycles. The first-order valence-electron chi connectivity index (χ1n) is 5.76. The van der Waals surface area contributed by atoms with E-state index in [9.17, 15) is 9.59 Å². The summed E-state index contributed by atoms with van der Waals surface area (Å²) >= 11 is 0. The molecule has 0 aromatic heterocycles. The van der Waals surface area contributed by atoms with Gasteiger partial charge in [0.25, 0.3) is 0 Å². The van der Waals surface area contributed by atoms with Crippen molar-refractivity contribution in [2.24, 2.45) is 11.1 Å². The first-order valence-corrected chi connectivity index (χ1v) is 5.76. The van der Waals surface area contributed by atoms with Crippen molar-refractivity contribution in [2.75, 3.05) is 13.1 Å². The van der Waals surface area contributed by atoms with Gasteiger partial charge in [0.1, 0.15) is 0 Å². The first kappa shape index (κ1) is 13.0. The molecule has 0 radical (unpaired) electrons. The second kappa shape index (κ2) is 5.84. The first-order chi connectivity index (χ1) is 7.58. The maximum Gasteiger partial charge on any atom is 0.303 e. The average molecular weight is 228 g/mol. The molecular weight excluding hydrogens is 208 g/mol. The zero-order valence-electron chi connectivity index (χ0n) is 9.50. The lowest BCUT2D eigenvalue weighted by atomic mass is 9.79. The SMILES string of the molecule is NCCNC(=O)CC1(CC(=O)O)CCCC1. The summed E-state index contributed by atoms with van der Waals surface area (Å²) in [6.45, 7) is 0.875. The summed E-state index contributed by atoms with van der Waals surface area (Å²) in [5.41, 5.74) is 4.97. The summed E-state index contributed by atoms with van der Waals surface area (Å²) in [6.07, 6.45) is 4.15. The summed E-state index contributed by atoms with van der Waals surface area (Å²) in [4.78, 5) is 22.4. The van der Waals surface area contributed by atoms with Crippen LogP contribution in [0.3, 0.4) is 0 Å². The predicted molar refractivity (Wildman–Crippen MR) is 59.8 cm³/mol. The molecule has 0 atom stereocenters. The van der Waals surface area contributed by atoms with Crippen LogP contribution in [-0.2, 0) is 9.59 Å². The topological polar surface area (TPSA) is 92.4 Å². The van der Waals surface area contributed by atoms with Gasteiger partial charge in [-0.3, -0.25) is 9.59 Å². The number of carboxylic acid groups (broad SMARTS) is 1. The van der Waals surface area contributed by atoms with E-state index in [2.05, 4.69) is 5.32 Å². The molecule has 1 aliphatic carbocycles. The van der Waals surface area contributed by atoms with Crippen LogP contribution in [0.5, 0.6) is 0 Å². The molecule has 92 valence electrons. The standard InChI is InChI=1S/C11H20N2O3/c12-5-6-13-9(14)7-11(8-10(15)16)3-1-2-4-11/h1-8,12H2,(H,13,14)(H,15,16). The second-order valence-corrected chi connectivity index (χ2v) is 4.59. The summed E-state index contributed by atoms with van der Waals surface area (Å²) in [5.74, 6) is -0.887. The number of hydrogen-bond donors (Lipinski definition) is 3. The van der Waals surface area contributed by atoms with Gasteiger partial charge in [-0.1, -0.05) is 12.8 Å². The summed E-state index contributed by atoms with van der Waals surface area (Å²) < 4.78 is 0. The van der Waals surface area contributed by atoms with Gasteiger partial charge in [-0.25, -0.2) is 0 Å². The Morgan fingerprint density at radius 3 is 2.38 bits per heavy atom. The number of carbonyl (C=O) groups is 2. The van der Waals surface area contributed by atoms with E-state index in [4.69, 9.17) is 10.8 Å². The molecule has 1 fully saturated rings. The Bertz CT molecular complexity index is 260. The number of rotatable bonds is 6. The zero-order valence-corrected chi connectivity index (χ0v) is 9.50. The molecule has 4 N–H and O–H groups in total. The van der Waals surface area contributed by atoms with Crippen molar-refractivity contribution in [3.63, 3.8) is 0 Å². The van der Waals surface area contributed by atoms with Crippen molar-refractivity contribution in [3.05, 3.63) is 0 Å². The quantitative estimate of drug-likeness (QED) is 0.616. The van der Waals surface area contributed by atoms with Crippen LogP contribution in [0.2, 0.25) is 0 Å². The minimum absolute atomic E-state index is 0.0754. The fraction of sp³-hybridized carbons (Fsp3) is 0.818. The van der Waals surface area contributed by atoms with Crippen LogP contribution < -0.4 is 11.1 Å². The lowest BCUT2D eigenvalue weighted by Gasteiger charge is -2.26.